The zero-order valence-electron chi connectivity index (χ0n) is 14.9. The number of carbonyl (C=O) groups is 2. The minimum atomic E-state index is -0.458. The Balaban J connectivity index is 1.47. The van der Waals surface area contributed by atoms with E-state index in [0.29, 0.717) is 36.2 Å². The number of likely N-dealkylation sites (tertiary alicyclic amines) is 1. The van der Waals surface area contributed by atoms with E-state index < -0.39 is 6.04 Å². The van der Waals surface area contributed by atoms with Crippen LogP contribution in [0.5, 0.6) is 0 Å². The molecule has 2 amide bonds. The average molecular weight is 354 g/mol. The zero-order chi connectivity index (χ0) is 18.3. The number of amides is 2. The second-order valence-electron chi connectivity index (χ2n) is 7.25. The van der Waals surface area contributed by atoms with E-state index in [0.717, 1.165) is 18.4 Å². The molecule has 0 radical (unpaired) electrons. The fraction of sp³-hybridized carbons (Fsp3) is 0.474. The van der Waals surface area contributed by atoms with Crippen LogP contribution in [-0.2, 0) is 4.79 Å². The lowest BCUT2D eigenvalue weighted by Crippen LogP contribution is -2.43. The summed E-state index contributed by atoms with van der Waals surface area (Å²) in [4.78, 5) is 31.1. The van der Waals surface area contributed by atoms with Gasteiger partial charge in [-0.25, -0.2) is 0 Å². The largest absolute Gasteiger partial charge is 0.340 e. The summed E-state index contributed by atoms with van der Waals surface area (Å²) >= 11 is 0. The molecule has 4 rings (SSSR count). The van der Waals surface area contributed by atoms with Crippen molar-refractivity contribution in [2.75, 3.05) is 6.54 Å². The zero-order valence-corrected chi connectivity index (χ0v) is 14.9. The first-order chi connectivity index (χ1) is 12.5. The number of carbonyl (C=O) groups excluding carboxylic acids is 2. The number of nitrogens with one attached hydrogen (secondary N) is 1. The first-order valence-electron chi connectivity index (χ1n) is 9.08. The lowest BCUT2D eigenvalue weighted by molar-refractivity contribution is -0.130. The highest BCUT2D eigenvalue weighted by molar-refractivity contribution is 5.98. The van der Waals surface area contributed by atoms with E-state index in [1.165, 1.54) is 0 Å². The number of benzene rings is 1. The van der Waals surface area contributed by atoms with Gasteiger partial charge in [-0.05, 0) is 45.2 Å². The van der Waals surface area contributed by atoms with Crippen LogP contribution in [0.15, 0.2) is 28.8 Å². The second-order valence-corrected chi connectivity index (χ2v) is 7.25. The molecule has 1 saturated heterocycles. The lowest BCUT2D eigenvalue weighted by atomic mass is 10.1. The Morgan fingerprint density at radius 1 is 1.31 bits per heavy atom. The molecule has 1 N–H and O–H groups in total. The Hall–Kier alpha value is -2.70. The maximum Gasteiger partial charge on any atom is 0.251 e. The van der Waals surface area contributed by atoms with Gasteiger partial charge in [0.25, 0.3) is 5.91 Å². The van der Waals surface area contributed by atoms with Crippen molar-refractivity contribution in [3.63, 3.8) is 0 Å². The van der Waals surface area contributed by atoms with Crippen LogP contribution in [0.25, 0.3) is 11.4 Å². The predicted molar refractivity (Wildman–Crippen MR) is 94.4 cm³/mol. The van der Waals surface area contributed by atoms with Crippen molar-refractivity contribution >= 4 is 11.8 Å². The molecule has 1 unspecified atom stereocenters. The molecule has 1 saturated carbocycles. The molecule has 0 spiro atoms. The van der Waals surface area contributed by atoms with Gasteiger partial charge in [0.05, 0.1) is 0 Å². The van der Waals surface area contributed by atoms with E-state index in [-0.39, 0.29) is 17.9 Å². The summed E-state index contributed by atoms with van der Waals surface area (Å²) in [5.41, 5.74) is 1.21. The molecule has 1 aliphatic heterocycles. The monoisotopic (exact) mass is 354 g/mol. The second kappa shape index (κ2) is 6.55. The molecule has 1 aromatic carbocycles. The minimum absolute atomic E-state index is 0.0169. The first-order valence-corrected chi connectivity index (χ1v) is 9.08. The van der Waals surface area contributed by atoms with Crippen molar-refractivity contribution in [1.29, 1.82) is 0 Å². The number of rotatable bonds is 5. The van der Waals surface area contributed by atoms with Gasteiger partial charge in [0.15, 0.2) is 0 Å². The molecule has 2 fully saturated rings. The Labute approximate surface area is 151 Å². The van der Waals surface area contributed by atoms with Gasteiger partial charge >= 0.3 is 0 Å². The van der Waals surface area contributed by atoms with Crippen molar-refractivity contribution in [3.05, 3.63) is 35.7 Å². The Bertz CT molecular complexity index is 841. The van der Waals surface area contributed by atoms with E-state index in [1.807, 2.05) is 19.9 Å². The molecule has 2 aliphatic rings. The number of hydrogen-bond acceptors (Lipinski definition) is 5. The van der Waals surface area contributed by atoms with Crippen molar-refractivity contribution in [2.24, 2.45) is 0 Å². The van der Waals surface area contributed by atoms with Crippen LogP contribution in [0.4, 0.5) is 0 Å². The maximum atomic E-state index is 12.6. The number of hydrogen-bond donors (Lipinski definition) is 1. The fourth-order valence-electron chi connectivity index (χ4n) is 3.24. The molecule has 0 bridgehead atoms. The van der Waals surface area contributed by atoms with Crippen molar-refractivity contribution < 1.29 is 14.1 Å². The van der Waals surface area contributed by atoms with Crippen molar-refractivity contribution in [1.82, 2.24) is 20.4 Å². The highest BCUT2D eigenvalue weighted by atomic mass is 16.5. The van der Waals surface area contributed by atoms with Crippen LogP contribution in [0.3, 0.4) is 0 Å². The van der Waals surface area contributed by atoms with Gasteiger partial charge in [-0.2, -0.15) is 4.98 Å². The molecule has 7 nitrogen and oxygen atoms in total. The maximum absolute atomic E-state index is 12.6. The van der Waals surface area contributed by atoms with Gasteiger partial charge in [0.1, 0.15) is 6.04 Å². The first kappa shape index (κ1) is 16.8. The minimum Gasteiger partial charge on any atom is -0.340 e. The number of nitrogens with zero attached hydrogens (tertiary/aromatic N) is 3. The third-order valence-corrected chi connectivity index (χ3v) is 4.92. The smallest absolute Gasteiger partial charge is 0.251 e. The molecule has 26 heavy (non-hydrogen) atoms. The van der Waals surface area contributed by atoms with Gasteiger partial charge in [-0.3, -0.25) is 9.59 Å². The summed E-state index contributed by atoms with van der Waals surface area (Å²) in [6.45, 7) is 4.63. The van der Waals surface area contributed by atoms with Crippen LogP contribution in [0.2, 0.25) is 0 Å². The fourth-order valence-corrected chi connectivity index (χ4v) is 3.24. The van der Waals surface area contributed by atoms with Crippen LogP contribution < -0.4 is 5.32 Å². The number of aromatic nitrogens is 2. The van der Waals surface area contributed by atoms with E-state index in [9.17, 15) is 9.59 Å². The van der Waals surface area contributed by atoms with Gasteiger partial charge in [0, 0.05) is 29.6 Å². The third-order valence-electron chi connectivity index (χ3n) is 4.92. The molecule has 2 aromatic rings. The highest BCUT2D eigenvalue weighted by Crippen LogP contribution is 2.39. The van der Waals surface area contributed by atoms with Crippen LogP contribution in [0, 0.1) is 0 Å². The molecule has 2 heterocycles. The quantitative estimate of drug-likeness (QED) is 0.890. The molecule has 7 heteroatoms. The van der Waals surface area contributed by atoms with Crippen LogP contribution in [-0.4, -0.2) is 45.5 Å². The SMILES string of the molecule is CC(C)N1CCC(NC(=O)c2cccc(-c3noc(C4CC4)n3)c2)C1=O. The van der Waals surface area contributed by atoms with E-state index in [1.54, 1.807) is 23.1 Å². The third kappa shape index (κ3) is 3.21. The molecular weight excluding hydrogens is 332 g/mol. The standard InChI is InChI=1S/C19H22N4O3/c1-11(2)23-9-8-15(19(23)25)20-17(24)14-5-3-4-13(10-14)16-21-18(26-22-16)12-6-7-12/h3-5,10-12,15H,6-9H2,1-2H3,(H,20,24). The van der Waals surface area contributed by atoms with Gasteiger partial charge in [-0.1, -0.05) is 17.3 Å². The summed E-state index contributed by atoms with van der Waals surface area (Å²) in [5, 5.41) is 6.86. The van der Waals surface area contributed by atoms with Crippen molar-refractivity contribution in [3.8, 4) is 11.4 Å². The lowest BCUT2D eigenvalue weighted by Gasteiger charge is -2.21. The van der Waals surface area contributed by atoms with Crippen LogP contribution >= 0.6 is 0 Å². The normalized spacial score (nSPS) is 20.0. The van der Waals surface area contributed by atoms with E-state index in [2.05, 4.69) is 15.5 Å². The molecule has 1 atom stereocenters. The van der Waals surface area contributed by atoms with Gasteiger partial charge in [0.2, 0.25) is 17.6 Å². The molecule has 1 aliphatic carbocycles. The summed E-state index contributed by atoms with van der Waals surface area (Å²) in [6, 6.07) is 6.77. The molecular formula is C19H22N4O3. The average Bonchev–Trinajstić information content (AvgIpc) is 3.25. The Morgan fingerprint density at radius 2 is 2.12 bits per heavy atom. The summed E-state index contributed by atoms with van der Waals surface area (Å²) in [7, 11) is 0. The molecule has 1 aromatic heterocycles. The van der Waals surface area contributed by atoms with Crippen LogP contribution in [0.1, 0.15) is 55.3 Å². The van der Waals surface area contributed by atoms with E-state index in [4.69, 9.17) is 4.52 Å². The molecule has 136 valence electrons. The van der Waals surface area contributed by atoms with Crippen molar-refractivity contribution in [2.45, 2.75) is 51.1 Å². The predicted octanol–water partition coefficient (Wildman–Crippen LogP) is 2.35. The summed E-state index contributed by atoms with van der Waals surface area (Å²) < 4.78 is 5.29. The summed E-state index contributed by atoms with van der Waals surface area (Å²) in [5.74, 6) is 1.27. The summed E-state index contributed by atoms with van der Waals surface area (Å²) in [6.07, 6.45) is 2.82. The van der Waals surface area contributed by atoms with Gasteiger partial charge in [-0.15, -0.1) is 0 Å². The highest BCUT2D eigenvalue weighted by Gasteiger charge is 2.34. The Morgan fingerprint density at radius 3 is 2.81 bits per heavy atom. The van der Waals surface area contributed by atoms with E-state index >= 15 is 0 Å². The Kier molecular flexibility index (Phi) is 4.22. The van der Waals surface area contributed by atoms with Gasteiger partial charge < -0.3 is 14.7 Å². The topological polar surface area (TPSA) is 88.3 Å².